The van der Waals surface area contributed by atoms with Gasteiger partial charge in [-0.2, -0.15) is 0 Å². The van der Waals surface area contributed by atoms with Crippen molar-refractivity contribution >= 4 is 34.7 Å². The van der Waals surface area contributed by atoms with E-state index in [2.05, 4.69) is 4.99 Å². The molecule has 1 aromatic carbocycles. The van der Waals surface area contributed by atoms with E-state index in [1.807, 2.05) is 62.6 Å². The van der Waals surface area contributed by atoms with E-state index in [1.165, 1.54) is 11.3 Å². The molecule has 172 valence electrons. The van der Waals surface area contributed by atoms with Gasteiger partial charge < -0.3 is 9.47 Å². The van der Waals surface area contributed by atoms with Crippen LogP contribution in [-0.2, 0) is 9.53 Å². The van der Waals surface area contributed by atoms with Crippen LogP contribution in [0.25, 0.3) is 6.08 Å². The third kappa shape index (κ3) is 4.58. The fourth-order valence-corrected chi connectivity index (χ4v) is 5.72. The zero-order valence-electron chi connectivity index (χ0n) is 19.2. The second-order valence-electron chi connectivity index (χ2n) is 8.01. The van der Waals surface area contributed by atoms with Crippen molar-refractivity contribution in [1.82, 2.24) is 4.57 Å². The molecule has 0 bridgehead atoms. The Kier molecular flexibility index (Phi) is 6.67. The Morgan fingerprint density at radius 1 is 1.21 bits per heavy atom. The van der Waals surface area contributed by atoms with E-state index < -0.39 is 12.0 Å². The molecular weight excluding hydrogens is 456 g/mol. The maximum Gasteiger partial charge on any atom is 0.338 e. The maximum atomic E-state index is 13.6. The SMILES string of the molecule is CCOC(=O)C1=C(C)N=c2sc(=Cc3sccc3C)c(=O)n2[C@@H]1c1ccc(OC(C)C)cc1. The lowest BCUT2D eigenvalue weighted by molar-refractivity contribution is -0.139. The summed E-state index contributed by atoms with van der Waals surface area (Å²) in [6.45, 7) is 9.74. The number of rotatable bonds is 6. The smallest absolute Gasteiger partial charge is 0.338 e. The monoisotopic (exact) mass is 482 g/mol. The molecule has 33 heavy (non-hydrogen) atoms. The molecule has 8 heteroatoms. The van der Waals surface area contributed by atoms with Gasteiger partial charge in [0.1, 0.15) is 5.75 Å². The summed E-state index contributed by atoms with van der Waals surface area (Å²) in [5.41, 5.74) is 2.67. The lowest BCUT2D eigenvalue weighted by atomic mass is 9.96. The molecule has 0 amide bonds. The maximum absolute atomic E-state index is 13.6. The van der Waals surface area contributed by atoms with Gasteiger partial charge in [0.2, 0.25) is 0 Å². The number of carbonyl (C=O) groups is 1. The lowest BCUT2D eigenvalue weighted by Crippen LogP contribution is -2.39. The molecule has 3 heterocycles. The summed E-state index contributed by atoms with van der Waals surface area (Å²) in [4.78, 5) is 32.7. The summed E-state index contributed by atoms with van der Waals surface area (Å²) in [7, 11) is 0. The number of allylic oxidation sites excluding steroid dienone is 1. The van der Waals surface area contributed by atoms with Crippen LogP contribution < -0.4 is 19.6 Å². The van der Waals surface area contributed by atoms with Crippen molar-refractivity contribution in [1.29, 1.82) is 0 Å². The number of hydrogen-bond donors (Lipinski definition) is 0. The van der Waals surface area contributed by atoms with Crippen molar-refractivity contribution in [3.63, 3.8) is 0 Å². The number of thiophene rings is 1. The molecule has 0 spiro atoms. The van der Waals surface area contributed by atoms with Crippen LogP contribution >= 0.6 is 22.7 Å². The van der Waals surface area contributed by atoms with Gasteiger partial charge >= 0.3 is 5.97 Å². The van der Waals surface area contributed by atoms with Crippen LogP contribution in [0.4, 0.5) is 0 Å². The lowest BCUT2D eigenvalue weighted by Gasteiger charge is -2.25. The molecule has 2 aromatic heterocycles. The Labute approximate surface area is 200 Å². The molecule has 6 nitrogen and oxygen atoms in total. The molecule has 0 saturated carbocycles. The van der Waals surface area contributed by atoms with Gasteiger partial charge in [-0.05, 0) is 75.4 Å². The Bertz CT molecular complexity index is 1390. The first-order chi connectivity index (χ1) is 15.8. The first-order valence-corrected chi connectivity index (χ1v) is 12.5. The average Bonchev–Trinajstić information content (AvgIpc) is 3.30. The number of benzene rings is 1. The van der Waals surface area contributed by atoms with Crippen molar-refractivity contribution in [3.8, 4) is 5.75 Å². The molecule has 1 aliphatic rings. The number of ether oxygens (including phenoxy) is 2. The minimum atomic E-state index is -0.625. The predicted molar refractivity (Wildman–Crippen MR) is 132 cm³/mol. The number of aryl methyl sites for hydroxylation is 1. The Balaban J connectivity index is 1.90. The van der Waals surface area contributed by atoms with E-state index in [0.717, 1.165) is 21.8 Å². The van der Waals surface area contributed by atoms with E-state index in [4.69, 9.17) is 9.47 Å². The van der Waals surface area contributed by atoms with Gasteiger partial charge in [0.15, 0.2) is 4.80 Å². The van der Waals surface area contributed by atoms with Crippen LogP contribution in [0.2, 0.25) is 0 Å². The van der Waals surface area contributed by atoms with Crippen LogP contribution in [0.3, 0.4) is 0 Å². The fraction of sp³-hybridized carbons (Fsp3) is 0.320. The molecule has 1 aliphatic heterocycles. The molecule has 0 N–H and O–H groups in total. The van der Waals surface area contributed by atoms with Crippen LogP contribution in [0, 0.1) is 6.92 Å². The van der Waals surface area contributed by atoms with Crippen molar-refractivity contribution in [2.45, 2.75) is 46.8 Å². The summed E-state index contributed by atoms with van der Waals surface area (Å²) < 4.78 is 13.3. The number of nitrogens with zero attached hydrogens (tertiary/aromatic N) is 2. The van der Waals surface area contributed by atoms with Crippen molar-refractivity contribution in [2.75, 3.05) is 6.61 Å². The van der Waals surface area contributed by atoms with E-state index in [-0.39, 0.29) is 18.3 Å². The Hall–Kier alpha value is -2.97. The minimum absolute atomic E-state index is 0.0477. The molecule has 4 rings (SSSR count). The number of aromatic nitrogens is 1. The van der Waals surface area contributed by atoms with Crippen molar-refractivity contribution in [2.24, 2.45) is 4.99 Å². The van der Waals surface area contributed by atoms with E-state index in [0.29, 0.717) is 20.6 Å². The first kappa shape index (κ1) is 23.2. The Morgan fingerprint density at radius 2 is 1.94 bits per heavy atom. The molecule has 0 radical (unpaired) electrons. The summed E-state index contributed by atoms with van der Waals surface area (Å²) >= 11 is 2.92. The highest BCUT2D eigenvalue weighted by atomic mass is 32.1. The highest BCUT2D eigenvalue weighted by Crippen LogP contribution is 2.31. The molecule has 3 aromatic rings. The van der Waals surface area contributed by atoms with Crippen LogP contribution in [0.1, 0.15) is 49.7 Å². The van der Waals surface area contributed by atoms with Crippen LogP contribution in [0.15, 0.2) is 56.8 Å². The van der Waals surface area contributed by atoms with Gasteiger partial charge in [-0.1, -0.05) is 23.5 Å². The summed E-state index contributed by atoms with van der Waals surface area (Å²) in [6.07, 6.45) is 1.95. The predicted octanol–water partition coefficient (Wildman–Crippen LogP) is 3.96. The number of thiazole rings is 1. The second-order valence-corrected chi connectivity index (χ2v) is 9.96. The molecule has 1 atom stereocenters. The van der Waals surface area contributed by atoms with E-state index in [9.17, 15) is 9.59 Å². The number of carbonyl (C=O) groups excluding carboxylic acids is 1. The minimum Gasteiger partial charge on any atom is -0.491 e. The van der Waals surface area contributed by atoms with Gasteiger partial charge in [0.25, 0.3) is 5.56 Å². The van der Waals surface area contributed by atoms with Gasteiger partial charge in [0.05, 0.1) is 34.6 Å². The highest BCUT2D eigenvalue weighted by Gasteiger charge is 2.33. The van der Waals surface area contributed by atoms with E-state index in [1.54, 1.807) is 29.8 Å². The molecular formula is C25H26N2O4S2. The van der Waals surface area contributed by atoms with Crippen molar-refractivity contribution in [3.05, 3.63) is 82.7 Å². The van der Waals surface area contributed by atoms with Gasteiger partial charge in [0, 0.05) is 4.88 Å². The van der Waals surface area contributed by atoms with Crippen LogP contribution in [-0.4, -0.2) is 23.2 Å². The summed E-state index contributed by atoms with van der Waals surface area (Å²) in [5.74, 6) is 0.266. The normalized spacial score (nSPS) is 16.1. The topological polar surface area (TPSA) is 69.9 Å². The quantitative estimate of drug-likeness (QED) is 0.499. The molecule has 0 fully saturated rings. The molecule has 0 unspecified atom stereocenters. The summed E-state index contributed by atoms with van der Waals surface area (Å²) in [5, 5.41) is 2.00. The number of esters is 1. The second kappa shape index (κ2) is 9.49. The third-order valence-corrected chi connectivity index (χ3v) is 7.20. The van der Waals surface area contributed by atoms with E-state index >= 15 is 0 Å². The first-order valence-electron chi connectivity index (χ1n) is 10.8. The Morgan fingerprint density at radius 3 is 2.55 bits per heavy atom. The standard InChI is InChI=1S/C25H26N2O4S2/c1-6-30-24(29)21-16(5)26-25-27(22(21)17-7-9-18(10-8-17)31-14(2)3)23(28)20(33-25)13-19-15(4)11-12-32-19/h7-14,22H,6H2,1-5H3/t22-/m1/s1. The van der Waals surface area contributed by atoms with Gasteiger partial charge in [-0.15, -0.1) is 11.3 Å². The zero-order chi connectivity index (χ0) is 23.7. The summed E-state index contributed by atoms with van der Waals surface area (Å²) in [6, 6.07) is 8.90. The number of fused-ring (bicyclic) bond motifs is 1. The molecule has 0 aliphatic carbocycles. The average molecular weight is 483 g/mol. The van der Waals surface area contributed by atoms with Gasteiger partial charge in [-0.3, -0.25) is 9.36 Å². The molecule has 0 saturated heterocycles. The fourth-order valence-electron chi connectivity index (χ4n) is 3.76. The zero-order valence-corrected chi connectivity index (χ0v) is 20.9. The third-order valence-electron chi connectivity index (χ3n) is 5.25. The highest BCUT2D eigenvalue weighted by molar-refractivity contribution is 7.11. The largest absolute Gasteiger partial charge is 0.491 e. The van der Waals surface area contributed by atoms with Gasteiger partial charge in [-0.25, -0.2) is 9.79 Å². The van der Waals surface area contributed by atoms with Crippen LogP contribution in [0.5, 0.6) is 5.75 Å². The number of hydrogen-bond acceptors (Lipinski definition) is 7. The van der Waals surface area contributed by atoms with Crippen molar-refractivity contribution < 1.29 is 14.3 Å².